The standard InChI is InChI=1S/C14H20FN2OP/c1-3-12-11(5-4-8-16)6-9-17(12)10-7-14(2,18)13(15)19/h3-6,9,11-13,18H,1,7,10,19H2,2H3/b5-4+. The molecule has 5 heteroatoms. The number of alkyl halides is 1. The van der Waals surface area contributed by atoms with Gasteiger partial charge in [0.15, 0.2) is 0 Å². The summed E-state index contributed by atoms with van der Waals surface area (Å²) in [5.41, 5.74) is -1.36. The fraction of sp³-hybridized carbons (Fsp3) is 0.500. The molecule has 0 fully saturated rings. The predicted molar refractivity (Wildman–Crippen MR) is 77.9 cm³/mol. The maximum atomic E-state index is 13.2. The van der Waals surface area contributed by atoms with Crippen molar-refractivity contribution in [2.75, 3.05) is 6.54 Å². The molecule has 0 aromatic carbocycles. The number of halogens is 1. The number of nitriles is 1. The van der Waals surface area contributed by atoms with Crippen LogP contribution in [0, 0.1) is 17.2 Å². The van der Waals surface area contributed by atoms with Crippen LogP contribution in [-0.2, 0) is 0 Å². The van der Waals surface area contributed by atoms with E-state index in [0.717, 1.165) is 0 Å². The van der Waals surface area contributed by atoms with Crippen molar-refractivity contribution in [2.45, 2.75) is 30.9 Å². The Bertz CT molecular complexity index is 412. The minimum absolute atomic E-state index is 0.0444. The molecule has 104 valence electrons. The van der Waals surface area contributed by atoms with Crippen LogP contribution >= 0.6 is 9.24 Å². The van der Waals surface area contributed by atoms with E-state index >= 15 is 0 Å². The molecule has 0 radical (unpaired) electrons. The zero-order chi connectivity index (χ0) is 14.5. The third kappa shape index (κ3) is 4.16. The van der Waals surface area contributed by atoms with Crippen molar-refractivity contribution in [2.24, 2.45) is 5.92 Å². The predicted octanol–water partition coefficient (Wildman–Crippen LogP) is 2.38. The highest BCUT2D eigenvalue weighted by molar-refractivity contribution is 7.17. The molecule has 0 aromatic heterocycles. The lowest BCUT2D eigenvalue weighted by molar-refractivity contribution is 0.00372. The first-order valence-corrected chi connectivity index (χ1v) is 6.84. The van der Waals surface area contributed by atoms with E-state index in [0.29, 0.717) is 13.0 Å². The van der Waals surface area contributed by atoms with Gasteiger partial charge in [-0.3, -0.25) is 0 Å². The van der Waals surface area contributed by atoms with Crippen LogP contribution < -0.4 is 0 Å². The summed E-state index contributed by atoms with van der Waals surface area (Å²) in [6.45, 7) is 5.81. The average molecular weight is 282 g/mol. The molecular formula is C14H20FN2OP. The van der Waals surface area contributed by atoms with E-state index in [-0.39, 0.29) is 12.0 Å². The lowest BCUT2D eigenvalue weighted by Crippen LogP contribution is -2.38. The van der Waals surface area contributed by atoms with Gasteiger partial charge in [-0.2, -0.15) is 5.26 Å². The van der Waals surface area contributed by atoms with Crippen LogP contribution in [0.2, 0.25) is 0 Å². The van der Waals surface area contributed by atoms with E-state index in [2.05, 4.69) is 6.58 Å². The molecule has 19 heavy (non-hydrogen) atoms. The van der Waals surface area contributed by atoms with Crippen molar-refractivity contribution in [3.63, 3.8) is 0 Å². The minimum Gasteiger partial charge on any atom is -0.387 e. The van der Waals surface area contributed by atoms with E-state index in [1.54, 1.807) is 6.08 Å². The summed E-state index contributed by atoms with van der Waals surface area (Å²) in [7, 11) is 1.99. The zero-order valence-electron chi connectivity index (χ0n) is 11.0. The second-order valence-corrected chi connectivity index (χ2v) is 5.47. The smallest absolute Gasteiger partial charge is 0.141 e. The highest BCUT2D eigenvalue weighted by Gasteiger charge is 2.31. The Hall–Kier alpha value is -1.17. The average Bonchev–Trinajstić information content (AvgIpc) is 2.75. The van der Waals surface area contributed by atoms with Crippen LogP contribution in [0.15, 0.2) is 37.1 Å². The molecule has 0 saturated heterocycles. The van der Waals surface area contributed by atoms with Gasteiger partial charge in [0.25, 0.3) is 0 Å². The Kier molecular flexibility index (Phi) is 5.72. The van der Waals surface area contributed by atoms with E-state index in [1.165, 1.54) is 13.0 Å². The topological polar surface area (TPSA) is 47.3 Å². The molecular weight excluding hydrogens is 262 g/mol. The summed E-state index contributed by atoms with van der Waals surface area (Å²) in [5.74, 6) is -1.25. The third-order valence-corrected chi connectivity index (χ3v) is 4.10. The highest BCUT2D eigenvalue weighted by atomic mass is 31.0. The number of hydrogen-bond acceptors (Lipinski definition) is 3. The molecule has 1 heterocycles. The molecule has 0 aromatic rings. The van der Waals surface area contributed by atoms with Gasteiger partial charge in [-0.05, 0) is 19.5 Å². The Morgan fingerprint density at radius 3 is 2.95 bits per heavy atom. The zero-order valence-corrected chi connectivity index (χ0v) is 12.2. The quantitative estimate of drug-likeness (QED) is 0.462. The van der Waals surface area contributed by atoms with Crippen LogP contribution in [0.5, 0.6) is 0 Å². The summed E-state index contributed by atoms with van der Waals surface area (Å²) in [5, 5.41) is 18.4. The van der Waals surface area contributed by atoms with Gasteiger partial charge in [0.1, 0.15) is 5.91 Å². The Morgan fingerprint density at radius 2 is 2.42 bits per heavy atom. The van der Waals surface area contributed by atoms with Crippen LogP contribution in [0.1, 0.15) is 13.3 Å². The fourth-order valence-corrected chi connectivity index (χ4v) is 2.15. The maximum absolute atomic E-state index is 13.2. The second-order valence-electron chi connectivity index (χ2n) is 4.88. The molecule has 1 N–H and O–H groups in total. The van der Waals surface area contributed by atoms with Crippen molar-refractivity contribution in [3.8, 4) is 6.07 Å². The summed E-state index contributed by atoms with van der Waals surface area (Å²) >= 11 is 0. The lowest BCUT2D eigenvalue weighted by atomic mass is 10.00. The van der Waals surface area contributed by atoms with Crippen LogP contribution in [-0.4, -0.2) is 34.1 Å². The molecule has 0 saturated carbocycles. The van der Waals surface area contributed by atoms with Crippen LogP contribution in [0.3, 0.4) is 0 Å². The highest BCUT2D eigenvalue weighted by Crippen LogP contribution is 2.27. The summed E-state index contributed by atoms with van der Waals surface area (Å²) in [6, 6.07) is 2.01. The van der Waals surface area contributed by atoms with Crippen molar-refractivity contribution in [1.82, 2.24) is 4.90 Å². The first kappa shape index (κ1) is 15.9. The molecule has 0 spiro atoms. The first-order chi connectivity index (χ1) is 8.92. The van der Waals surface area contributed by atoms with Gasteiger partial charge in [-0.25, -0.2) is 4.39 Å². The Morgan fingerprint density at radius 1 is 1.74 bits per heavy atom. The molecule has 0 bridgehead atoms. The summed E-state index contributed by atoms with van der Waals surface area (Å²) in [4.78, 5) is 2.00. The van der Waals surface area contributed by atoms with Gasteiger partial charge < -0.3 is 10.0 Å². The second kappa shape index (κ2) is 6.84. The maximum Gasteiger partial charge on any atom is 0.141 e. The molecule has 5 atom stereocenters. The lowest BCUT2D eigenvalue weighted by Gasteiger charge is -2.31. The van der Waals surface area contributed by atoms with Gasteiger partial charge in [-0.1, -0.05) is 27.5 Å². The minimum atomic E-state index is -1.36. The Labute approximate surface area is 116 Å². The van der Waals surface area contributed by atoms with E-state index in [4.69, 9.17) is 5.26 Å². The SMILES string of the molecule is C=CC1C(/C=C/C#N)C=CN1CCC(C)(O)C(F)P. The largest absolute Gasteiger partial charge is 0.387 e. The monoisotopic (exact) mass is 282 g/mol. The van der Waals surface area contributed by atoms with E-state index in [1.807, 2.05) is 38.6 Å². The van der Waals surface area contributed by atoms with Crippen molar-refractivity contribution >= 4 is 9.24 Å². The molecule has 0 amide bonds. The van der Waals surface area contributed by atoms with Gasteiger partial charge in [0.05, 0.1) is 17.7 Å². The number of hydrogen-bond donors (Lipinski definition) is 1. The van der Waals surface area contributed by atoms with Gasteiger partial charge in [0, 0.05) is 18.5 Å². The molecule has 3 nitrogen and oxygen atoms in total. The summed E-state index contributed by atoms with van der Waals surface area (Å²) in [6.07, 6.45) is 9.27. The number of rotatable bonds is 6. The van der Waals surface area contributed by atoms with Crippen molar-refractivity contribution in [1.29, 1.82) is 5.26 Å². The van der Waals surface area contributed by atoms with Gasteiger partial charge in [0.2, 0.25) is 0 Å². The molecule has 0 aliphatic carbocycles. The van der Waals surface area contributed by atoms with Crippen LogP contribution in [0.4, 0.5) is 4.39 Å². The van der Waals surface area contributed by atoms with E-state index in [9.17, 15) is 9.50 Å². The fourth-order valence-electron chi connectivity index (χ4n) is 1.99. The van der Waals surface area contributed by atoms with Crippen molar-refractivity contribution < 1.29 is 9.50 Å². The molecule has 1 aliphatic rings. The van der Waals surface area contributed by atoms with Crippen molar-refractivity contribution in [3.05, 3.63) is 37.1 Å². The molecule has 1 aliphatic heterocycles. The molecule has 1 rings (SSSR count). The first-order valence-electron chi connectivity index (χ1n) is 6.17. The summed E-state index contributed by atoms with van der Waals surface area (Å²) < 4.78 is 13.2. The van der Waals surface area contributed by atoms with Crippen LogP contribution in [0.25, 0.3) is 0 Å². The van der Waals surface area contributed by atoms with E-state index < -0.39 is 11.5 Å². The van der Waals surface area contributed by atoms with Gasteiger partial charge in [-0.15, -0.1) is 6.58 Å². The Balaban J connectivity index is 2.62. The number of aliphatic hydroxyl groups is 1. The molecule has 5 unspecified atom stereocenters. The number of allylic oxidation sites excluding steroid dienone is 1. The third-order valence-electron chi connectivity index (χ3n) is 3.38. The van der Waals surface area contributed by atoms with Gasteiger partial charge >= 0.3 is 0 Å². The number of nitrogens with zero attached hydrogens (tertiary/aromatic N) is 2. The normalized spacial score (nSPS) is 27.2.